The van der Waals surface area contributed by atoms with Crippen molar-refractivity contribution >= 4 is 21.6 Å². The lowest BCUT2D eigenvalue weighted by Crippen LogP contribution is -2.44. The molecule has 0 bridgehead atoms. The fraction of sp³-hybridized carbons (Fsp3) is 1.00. The van der Waals surface area contributed by atoms with Gasteiger partial charge >= 0.3 is 0 Å². The molecular weight excluding hydrogens is 284 g/mol. The third-order valence-electron chi connectivity index (χ3n) is 4.48. The molecule has 3 unspecified atom stereocenters. The Labute approximate surface area is 121 Å². The first-order valence-corrected chi connectivity index (χ1v) is 9.63. The second-order valence-corrected chi connectivity index (χ2v) is 8.28. The van der Waals surface area contributed by atoms with Crippen molar-refractivity contribution in [3.05, 3.63) is 0 Å². The molecule has 2 rings (SSSR count). The van der Waals surface area contributed by atoms with E-state index in [9.17, 15) is 8.42 Å². The molecule has 0 spiro atoms. The molecule has 0 aromatic rings. The second-order valence-electron chi connectivity index (χ2n) is 5.99. The summed E-state index contributed by atoms with van der Waals surface area (Å²) in [5.74, 6) is 1.77. The summed E-state index contributed by atoms with van der Waals surface area (Å²) in [6.07, 6.45) is 7.10. The monoisotopic (exact) mass is 308 g/mol. The molecule has 0 amide bonds. The van der Waals surface area contributed by atoms with Crippen molar-refractivity contribution in [1.29, 1.82) is 0 Å². The van der Waals surface area contributed by atoms with E-state index in [1.54, 1.807) is 4.31 Å². The molecule has 0 aromatic heterocycles. The summed E-state index contributed by atoms with van der Waals surface area (Å²) in [6, 6.07) is 0.533. The van der Waals surface area contributed by atoms with Crippen LogP contribution in [0.1, 0.15) is 32.1 Å². The number of hydrogen-bond donors (Lipinski definition) is 1. The molecule has 0 aromatic carbocycles. The van der Waals surface area contributed by atoms with Gasteiger partial charge in [-0.25, -0.2) is 12.7 Å². The molecule has 1 heterocycles. The van der Waals surface area contributed by atoms with E-state index in [-0.39, 0.29) is 0 Å². The first kappa shape index (κ1) is 15.5. The first-order valence-electron chi connectivity index (χ1n) is 7.25. The van der Waals surface area contributed by atoms with Crippen LogP contribution in [0.15, 0.2) is 0 Å². The van der Waals surface area contributed by atoms with E-state index in [4.69, 9.17) is 11.6 Å². The lowest BCUT2D eigenvalue weighted by molar-refractivity contribution is 0.250. The number of rotatable bonds is 5. The van der Waals surface area contributed by atoms with E-state index < -0.39 is 10.0 Å². The molecular formula is C13H25ClN2O2S. The fourth-order valence-corrected chi connectivity index (χ4v) is 4.61. The molecule has 1 N–H and O–H groups in total. The van der Waals surface area contributed by atoms with Crippen LogP contribution in [-0.4, -0.2) is 50.5 Å². The van der Waals surface area contributed by atoms with Gasteiger partial charge < -0.3 is 5.32 Å². The lowest BCUT2D eigenvalue weighted by Gasteiger charge is -2.32. The van der Waals surface area contributed by atoms with E-state index >= 15 is 0 Å². The van der Waals surface area contributed by atoms with Crippen molar-refractivity contribution in [2.24, 2.45) is 11.8 Å². The van der Waals surface area contributed by atoms with Gasteiger partial charge in [0.2, 0.25) is 10.0 Å². The van der Waals surface area contributed by atoms with E-state index in [1.165, 1.54) is 25.5 Å². The number of sulfonamides is 1. The predicted octanol–water partition coefficient (Wildman–Crippen LogP) is 1.66. The maximum atomic E-state index is 11.6. The van der Waals surface area contributed by atoms with E-state index in [0.29, 0.717) is 31.0 Å². The van der Waals surface area contributed by atoms with Crippen molar-refractivity contribution in [3.63, 3.8) is 0 Å². The maximum Gasteiger partial charge on any atom is 0.211 e. The molecule has 1 aliphatic carbocycles. The van der Waals surface area contributed by atoms with Crippen LogP contribution in [0, 0.1) is 11.8 Å². The van der Waals surface area contributed by atoms with E-state index in [1.807, 2.05) is 0 Å². The highest BCUT2D eigenvalue weighted by atomic mass is 35.5. The third-order valence-corrected chi connectivity index (χ3v) is 6.14. The summed E-state index contributed by atoms with van der Waals surface area (Å²) in [6.45, 7) is 2.28. The Hall–Kier alpha value is 0.160. The number of nitrogens with one attached hydrogen (secondary N) is 1. The third kappa shape index (κ3) is 4.31. The minimum atomic E-state index is -3.03. The van der Waals surface area contributed by atoms with Gasteiger partial charge in [0.1, 0.15) is 0 Å². The highest BCUT2D eigenvalue weighted by Gasteiger charge is 2.29. The van der Waals surface area contributed by atoms with Crippen LogP contribution in [0.5, 0.6) is 0 Å². The molecule has 3 atom stereocenters. The van der Waals surface area contributed by atoms with Gasteiger partial charge in [0, 0.05) is 25.0 Å². The number of alkyl halides is 1. The molecule has 0 radical (unpaired) electrons. The van der Waals surface area contributed by atoms with Gasteiger partial charge in [0.05, 0.1) is 6.26 Å². The van der Waals surface area contributed by atoms with Gasteiger partial charge in [-0.15, -0.1) is 11.6 Å². The van der Waals surface area contributed by atoms with Gasteiger partial charge in [0.15, 0.2) is 0 Å². The summed E-state index contributed by atoms with van der Waals surface area (Å²) in [4.78, 5) is 0. The summed E-state index contributed by atoms with van der Waals surface area (Å²) in [5.41, 5.74) is 0. The minimum absolute atomic E-state index is 0.444. The highest BCUT2D eigenvalue weighted by Crippen LogP contribution is 2.27. The topological polar surface area (TPSA) is 49.4 Å². The zero-order valence-corrected chi connectivity index (χ0v) is 13.2. The van der Waals surface area contributed by atoms with Crippen LogP contribution in [0.3, 0.4) is 0 Å². The molecule has 112 valence electrons. The van der Waals surface area contributed by atoms with Gasteiger partial charge in [-0.2, -0.15) is 0 Å². The average Bonchev–Trinajstić information content (AvgIpc) is 2.83. The zero-order valence-electron chi connectivity index (χ0n) is 11.6. The van der Waals surface area contributed by atoms with Crippen LogP contribution < -0.4 is 5.32 Å². The largest absolute Gasteiger partial charge is 0.313 e. The van der Waals surface area contributed by atoms with Gasteiger partial charge in [-0.3, -0.25) is 0 Å². The number of nitrogens with zero attached hydrogens (tertiary/aromatic N) is 1. The molecule has 6 heteroatoms. The maximum absolute atomic E-state index is 11.6. The van der Waals surface area contributed by atoms with E-state index in [0.717, 1.165) is 25.3 Å². The number of halogens is 1. The molecule has 19 heavy (non-hydrogen) atoms. The molecule has 1 saturated carbocycles. The van der Waals surface area contributed by atoms with Crippen molar-refractivity contribution in [2.45, 2.75) is 38.1 Å². The Morgan fingerprint density at radius 3 is 2.74 bits per heavy atom. The Morgan fingerprint density at radius 2 is 2.05 bits per heavy atom. The zero-order chi connectivity index (χ0) is 13.9. The lowest BCUT2D eigenvalue weighted by atomic mass is 9.98. The molecule has 1 saturated heterocycles. The normalized spacial score (nSPS) is 33.7. The van der Waals surface area contributed by atoms with Crippen molar-refractivity contribution in [3.8, 4) is 0 Å². The number of hydrogen-bond acceptors (Lipinski definition) is 3. The molecule has 2 fully saturated rings. The Morgan fingerprint density at radius 1 is 1.26 bits per heavy atom. The predicted molar refractivity (Wildman–Crippen MR) is 79.0 cm³/mol. The fourth-order valence-electron chi connectivity index (χ4n) is 3.30. The smallest absolute Gasteiger partial charge is 0.211 e. The summed E-state index contributed by atoms with van der Waals surface area (Å²) < 4.78 is 24.8. The summed E-state index contributed by atoms with van der Waals surface area (Å²) in [5, 5.41) is 3.62. The average molecular weight is 309 g/mol. The minimum Gasteiger partial charge on any atom is -0.313 e. The standard InChI is InChI=1S/C13H25ClN2O2S/c1-19(17,18)16-7-3-4-11(10-16)9-15-13-6-2-5-12(13)8-14/h11-13,15H,2-10H2,1H3. The Kier molecular flexibility index (Phi) is 5.52. The molecule has 2 aliphatic rings. The quantitative estimate of drug-likeness (QED) is 0.786. The second kappa shape index (κ2) is 6.74. The van der Waals surface area contributed by atoms with Crippen LogP contribution in [0.25, 0.3) is 0 Å². The van der Waals surface area contributed by atoms with Crippen LogP contribution in [-0.2, 0) is 10.0 Å². The van der Waals surface area contributed by atoms with E-state index in [2.05, 4.69) is 5.32 Å². The van der Waals surface area contributed by atoms with Crippen LogP contribution in [0.4, 0.5) is 0 Å². The Bertz CT molecular complexity index is 388. The van der Waals surface area contributed by atoms with Gasteiger partial charge in [-0.05, 0) is 44.1 Å². The van der Waals surface area contributed by atoms with Crippen molar-refractivity contribution < 1.29 is 8.42 Å². The first-order chi connectivity index (χ1) is 9.00. The summed E-state index contributed by atoms with van der Waals surface area (Å²) in [7, 11) is -3.03. The van der Waals surface area contributed by atoms with Crippen LogP contribution in [0.2, 0.25) is 0 Å². The molecule has 1 aliphatic heterocycles. The van der Waals surface area contributed by atoms with Gasteiger partial charge in [-0.1, -0.05) is 6.42 Å². The highest BCUT2D eigenvalue weighted by molar-refractivity contribution is 7.88. The Balaban J connectivity index is 1.80. The van der Waals surface area contributed by atoms with Crippen LogP contribution >= 0.6 is 11.6 Å². The van der Waals surface area contributed by atoms with Gasteiger partial charge in [0.25, 0.3) is 0 Å². The molecule has 4 nitrogen and oxygen atoms in total. The SMILES string of the molecule is CS(=O)(=O)N1CCCC(CNC2CCCC2CCl)C1. The van der Waals surface area contributed by atoms with Crippen molar-refractivity contribution in [2.75, 3.05) is 31.8 Å². The number of piperidine rings is 1. The van der Waals surface area contributed by atoms with Crippen molar-refractivity contribution in [1.82, 2.24) is 9.62 Å². The summed E-state index contributed by atoms with van der Waals surface area (Å²) >= 11 is 5.98.